The molecule has 11 heteroatoms. The van der Waals surface area contributed by atoms with Gasteiger partial charge in [0, 0.05) is 32.4 Å². The van der Waals surface area contributed by atoms with E-state index in [1.165, 1.54) is 29.2 Å². The molecule has 1 saturated heterocycles. The van der Waals surface area contributed by atoms with E-state index in [1.54, 1.807) is 4.90 Å². The highest BCUT2D eigenvalue weighted by molar-refractivity contribution is 7.90. The number of nitrogens with zero attached hydrogens (tertiary/aromatic N) is 3. The van der Waals surface area contributed by atoms with Gasteiger partial charge in [-0.25, -0.2) is 21.6 Å². The summed E-state index contributed by atoms with van der Waals surface area (Å²) in [6, 6.07) is 9.56. The van der Waals surface area contributed by atoms with E-state index in [4.69, 9.17) is 10.00 Å². The zero-order chi connectivity index (χ0) is 24.2. The second-order valence-corrected chi connectivity index (χ2v) is 9.55. The first-order valence-corrected chi connectivity index (χ1v) is 11.9. The van der Waals surface area contributed by atoms with E-state index < -0.39 is 41.0 Å². The molecule has 3 rings (SSSR count). The molecule has 0 bridgehead atoms. The van der Waals surface area contributed by atoms with Crippen molar-refractivity contribution in [3.8, 4) is 11.8 Å². The average Bonchev–Trinajstić information content (AvgIpc) is 2.81. The maximum atomic E-state index is 14.3. The normalized spacial score (nSPS) is 14.3. The Morgan fingerprint density at radius 1 is 1.12 bits per heavy atom. The molecule has 33 heavy (non-hydrogen) atoms. The van der Waals surface area contributed by atoms with Crippen LogP contribution in [-0.4, -0.2) is 71.1 Å². The van der Waals surface area contributed by atoms with Gasteiger partial charge in [-0.2, -0.15) is 5.26 Å². The molecule has 0 aliphatic carbocycles. The van der Waals surface area contributed by atoms with Gasteiger partial charge in [-0.05, 0) is 36.4 Å². The Balaban J connectivity index is 1.82. The number of hydrogen-bond donors (Lipinski definition) is 0. The summed E-state index contributed by atoms with van der Waals surface area (Å²) in [6.45, 7) is -1.28. The monoisotopic (exact) mass is 481 g/mol. The number of alkyl halides is 2. The molecular weight excluding hydrogens is 459 g/mol. The number of rotatable bonds is 7. The minimum absolute atomic E-state index is 0.117. The Kier molecular flexibility index (Phi) is 7.48. The molecule has 0 unspecified atom stereocenters. The maximum Gasteiger partial charge on any atom is 0.257 e. The van der Waals surface area contributed by atoms with Crippen molar-refractivity contribution in [3.05, 3.63) is 53.3 Å². The van der Waals surface area contributed by atoms with Crippen molar-refractivity contribution in [2.45, 2.75) is 11.0 Å². The Labute approximate surface area is 189 Å². The second kappa shape index (κ2) is 10.1. The van der Waals surface area contributed by atoms with E-state index >= 15 is 0 Å². The van der Waals surface area contributed by atoms with Gasteiger partial charge in [-0.15, -0.1) is 0 Å². The molecule has 1 aliphatic rings. The van der Waals surface area contributed by atoms with Crippen LogP contribution in [0.4, 0.5) is 18.9 Å². The molecule has 0 N–H and O–H groups in total. The third-order valence-electron chi connectivity index (χ3n) is 5.23. The minimum atomic E-state index is -3.65. The van der Waals surface area contributed by atoms with Gasteiger partial charge in [-0.3, -0.25) is 4.79 Å². The van der Waals surface area contributed by atoms with Crippen LogP contribution in [0.2, 0.25) is 0 Å². The van der Waals surface area contributed by atoms with Crippen LogP contribution < -0.4 is 9.64 Å². The smallest absolute Gasteiger partial charge is 0.257 e. The zero-order valence-electron chi connectivity index (χ0n) is 17.8. The number of carbonyl (C=O) groups excluding carboxylic acids is 1. The first-order chi connectivity index (χ1) is 15.7. The molecule has 2 aromatic rings. The zero-order valence-corrected chi connectivity index (χ0v) is 18.6. The fourth-order valence-electron chi connectivity index (χ4n) is 3.45. The van der Waals surface area contributed by atoms with Crippen molar-refractivity contribution in [1.29, 1.82) is 5.26 Å². The molecule has 2 aromatic carbocycles. The lowest BCUT2D eigenvalue weighted by Gasteiger charge is -2.36. The van der Waals surface area contributed by atoms with E-state index in [9.17, 15) is 26.4 Å². The van der Waals surface area contributed by atoms with E-state index in [2.05, 4.69) is 0 Å². The lowest BCUT2D eigenvalue weighted by atomic mass is 10.1. The standard InChI is InChI=1S/C22H22F3N3O4S/c1-33(30,31)17-3-5-21(32-16(12-23)13-24)18(11-17)22(29)28-8-6-27(7-9-28)20-4-2-15(14-26)10-19(20)25/h2-5,10-11,16H,6-9,12-13H2,1H3. The van der Waals surface area contributed by atoms with Crippen molar-refractivity contribution in [2.75, 3.05) is 50.7 Å². The van der Waals surface area contributed by atoms with Crippen molar-refractivity contribution in [2.24, 2.45) is 0 Å². The fourth-order valence-corrected chi connectivity index (χ4v) is 4.09. The van der Waals surface area contributed by atoms with E-state index in [-0.39, 0.29) is 48.0 Å². The highest BCUT2D eigenvalue weighted by atomic mass is 32.2. The fraction of sp³-hybridized carbons (Fsp3) is 0.364. The summed E-state index contributed by atoms with van der Waals surface area (Å²) >= 11 is 0. The van der Waals surface area contributed by atoms with Crippen molar-refractivity contribution < 1.29 is 31.1 Å². The average molecular weight is 481 g/mol. The van der Waals surface area contributed by atoms with Gasteiger partial charge in [0.05, 0.1) is 27.8 Å². The third-order valence-corrected chi connectivity index (χ3v) is 6.34. The molecule has 0 radical (unpaired) electrons. The minimum Gasteiger partial charge on any atom is -0.484 e. The lowest BCUT2D eigenvalue weighted by molar-refractivity contribution is 0.0732. The molecule has 0 spiro atoms. The van der Waals surface area contributed by atoms with E-state index in [1.807, 2.05) is 6.07 Å². The maximum absolute atomic E-state index is 14.3. The van der Waals surface area contributed by atoms with Crippen LogP contribution in [0.25, 0.3) is 0 Å². The number of amides is 1. The van der Waals surface area contributed by atoms with Gasteiger partial charge in [0.15, 0.2) is 15.9 Å². The quantitative estimate of drug-likeness (QED) is 0.604. The van der Waals surface area contributed by atoms with Crippen molar-refractivity contribution in [3.63, 3.8) is 0 Å². The number of sulfone groups is 1. The molecule has 0 atom stereocenters. The van der Waals surface area contributed by atoms with Crippen LogP contribution in [0.15, 0.2) is 41.3 Å². The summed E-state index contributed by atoms with van der Waals surface area (Å²) in [7, 11) is -3.65. The SMILES string of the molecule is CS(=O)(=O)c1ccc(OC(CF)CF)c(C(=O)N2CCN(c3ccc(C#N)cc3F)CC2)c1. The van der Waals surface area contributed by atoms with Crippen molar-refractivity contribution in [1.82, 2.24) is 4.90 Å². The molecule has 176 valence electrons. The summed E-state index contributed by atoms with van der Waals surface area (Å²) in [4.78, 5) is 16.2. The number of anilines is 1. The molecule has 1 fully saturated rings. The third kappa shape index (κ3) is 5.57. The molecular formula is C22H22F3N3O4S. The number of carbonyl (C=O) groups is 1. The number of nitriles is 1. The van der Waals surface area contributed by atoms with Gasteiger partial charge in [0.1, 0.15) is 24.9 Å². The summed E-state index contributed by atoms with van der Waals surface area (Å²) in [6.07, 6.45) is -0.439. The molecule has 0 aromatic heterocycles. The van der Waals surface area contributed by atoms with Crippen LogP contribution in [0.5, 0.6) is 5.75 Å². The molecule has 1 heterocycles. The number of piperazine rings is 1. The molecule has 7 nitrogen and oxygen atoms in total. The second-order valence-electron chi connectivity index (χ2n) is 7.54. The Morgan fingerprint density at radius 3 is 2.33 bits per heavy atom. The van der Waals surface area contributed by atoms with Crippen LogP contribution in [0, 0.1) is 17.1 Å². The predicted octanol–water partition coefficient (Wildman–Crippen LogP) is 2.75. The summed E-state index contributed by atoms with van der Waals surface area (Å²) in [5.41, 5.74) is 0.379. The first kappa shape index (κ1) is 24.4. The predicted molar refractivity (Wildman–Crippen MR) is 115 cm³/mol. The number of hydrogen-bond acceptors (Lipinski definition) is 6. The number of benzene rings is 2. The van der Waals surface area contributed by atoms with Crippen molar-refractivity contribution >= 4 is 21.4 Å². The van der Waals surface area contributed by atoms with Crippen LogP contribution in [-0.2, 0) is 9.84 Å². The summed E-state index contributed by atoms with van der Waals surface area (Å²) in [5, 5.41) is 8.88. The Morgan fingerprint density at radius 2 is 1.79 bits per heavy atom. The van der Waals surface area contributed by atoms with Gasteiger partial charge in [0.25, 0.3) is 5.91 Å². The summed E-state index contributed by atoms with van der Waals surface area (Å²) in [5.74, 6) is -1.23. The highest BCUT2D eigenvalue weighted by Crippen LogP contribution is 2.27. The van der Waals surface area contributed by atoms with Gasteiger partial charge >= 0.3 is 0 Å². The Hall–Kier alpha value is -3.26. The van der Waals surface area contributed by atoms with Crippen LogP contribution in [0.3, 0.4) is 0 Å². The van der Waals surface area contributed by atoms with Gasteiger partial charge in [-0.1, -0.05) is 0 Å². The van der Waals surface area contributed by atoms with Gasteiger partial charge < -0.3 is 14.5 Å². The molecule has 0 saturated carbocycles. The molecule has 1 amide bonds. The number of ether oxygens (including phenoxy) is 1. The van der Waals surface area contributed by atoms with E-state index in [0.29, 0.717) is 5.69 Å². The Bertz CT molecular complexity index is 1170. The van der Waals surface area contributed by atoms with Crippen LogP contribution in [0.1, 0.15) is 15.9 Å². The van der Waals surface area contributed by atoms with Gasteiger partial charge in [0.2, 0.25) is 0 Å². The lowest BCUT2D eigenvalue weighted by Crippen LogP contribution is -2.49. The van der Waals surface area contributed by atoms with Crippen LogP contribution >= 0.6 is 0 Å². The largest absolute Gasteiger partial charge is 0.484 e. The highest BCUT2D eigenvalue weighted by Gasteiger charge is 2.27. The first-order valence-electron chi connectivity index (χ1n) is 10.0. The topological polar surface area (TPSA) is 90.7 Å². The van der Waals surface area contributed by atoms with E-state index in [0.717, 1.165) is 18.4 Å². The number of halogens is 3. The molecule has 1 aliphatic heterocycles. The summed E-state index contributed by atoms with van der Waals surface area (Å²) < 4.78 is 69.5.